The van der Waals surface area contributed by atoms with Crippen LogP contribution in [0.5, 0.6) is 0 Å². The molecule has 0 amide bonds. The average molecular weight is 403 g/mol. The lowest BCUT2D eigenvalue weighted by Crippen LogP contribution is -2.41. The highest BCUT2D eigenvalue weighted by Gasteiger charge is 2.13. The molecule has 0 radical (unpaired) electrons. The van der Waals surface area contributed by atoms with E-state index in [9.17, 15) is 0 Å². The zero-order valence-corrected chi connectivity index (χ0v) is 15.2. The maximum atomic E-state index is 5.96. The van der Waals surface area contributed by atoms with Crippen LogP contribution in [0.25, 0.3) is 0 Å². The Bertz CT molecular complexity index is 455. The summed E-state index contributed by atoms with van der Waals surface area (Å²) in [5.74, 6) is 1.50. The Balaban J connectivity index is 0.00000220. The van der Waals surface area contributed by atoms with Gasteiger partial charge in [-0.05, 0) is 30.5 Å². The molecule has 2 rings (SSSR count). The third-order valence-electron chi connectivity index (χ3n) is 3.66. The second kappa shape index (κ2) is 9.07. The van der Waals surface area contributed by atoms with Crippen LogP contribution in [0.15, 0.2) is 23.3 Å². The molecule has 0 spiro atoms. The molecular formula is C15H26IN5. The number of aromatic nitrogens is 1. The number of nitrogens with zero attached hydrogens (tertiary/aromatic N) is 3. The third kappa shape index (κ3) is 6.07. The maximum absolute atomic E-state index is 5.96. The Morgan fingerprint density at radius 3 is 2.76 bits per heavy atom. The number of anilines is 1. The van der Waals surface area contributed by atoms with Gasteiger partial charge in [0, 0.05) is 26.3 Å². The number of guanidine groups is 1. The number of pyridine rings is 1. The van der Waals surface area contributed by atoms with Crippen molar-refractivity contribution >= 4 is 35.8 Å². The van der Waals surface area contributed by atoms with Crippen LogP contribution < -0.4 is 16.0 Å². The molecule has 1 saturated carbocycles. The van der Waals surface area contributed by atoms with E-state index in [-0.39, 0.29) is 24.0 Å². The van der Waals surface area contributed by atoms with Crippen LogP contribution in [0.4, 0.5) is 5.82 Å². The van der Waals surface area contributed by atoms with Crippen LogP contribution in [0.3, 0.4) is 0 Å². The number of hydrogen-bond acceptors (Lipinski definition) is 3. The lowest BCUT2D eigenvalue weighted by Gasteiger charge is -2.23. The van der Waals surface area contributed by atoms with Crippen molar-refractivity contribution < 1.29 is 0 Å². The van der Waals surface area contributed by atoms with Crippen LogP contribution in [0.1, 0.15) is 37.7 Å². The number of aliphatic imine (C=N–C) groups is 1. The van der Waals surface area contributed by atoms with Crippen LogP contribution in [-0.4, -0.2) is 31.1 Å². The van der Waals surface area contributed by atoms with Gasteiger partial charge in [0.1, 0.15) is 5.82 Å². The Morgan fingerprint density at radius 1 is 1.38 bits per heavy atom. The molecule has 1 aromatic heterocycles. The van der Waals surface area contributed by atoms with Gasteiger partial charge in [0.25, 0.3) is 0 Å². The normalized spacial score (nSPS) is 16.2. The Morgan fingerprint density at radius 2 is 2.10 bits per heavy atom. The van der Waals surface area contributed by atoms with Crippen molar-refractivity contribution in [2.45, 2.75) is 44.7 Å². The van der Waals surface area contributed by atoms with Gasteiger partial charge in [-0.1, -0.05) is 19.3 Å². The molecule has 21 heavy (non-hydrogen) atoms. The minimum atomic E-state index is 0. The van der Waals surface area contributed by atoms with Crippen molar-refractivity contribution in [1.82, 2.24) is 10.3 Å². The van der Waals surface area contributed by atoms with Gasteiger partial charge in [-0.25, -0.2) is 9.98 Å². The van der Waals surface area contributed by atoms with E-state index in [0.29, 0.717) is 18.5 Å². The molecular weight excluding hydrogens is 377 g/mol. The van der Waals surface area contributed by atoms with Crippen molar-refractivity contribution in [2.75, 3.05) is 19.0 Å². The molecule has 1 heterocycles. The zero-order chi connectivity index (χ0) is 14.4. The molecule has 1 aromatic rings. The first-order chi connectivity index (χ1) is 9.65. The summed E-state index contributed by atoms with van der Waals surface area (Å²) in [4.78, 5) is 10.7. The largest absolute Gasteiger partial charge is 0.370 e. The second-order valence-electron chi connectivity index (χ2n) is 5.60. The first-order valence-corrected chi connectivity index (χ1v) is 7.34. The number of nitrogens with one attached hydrogen (secondary N) is 1. The van der Waals surface area contributed by atoms with Gasteiger partial charge in [-0.3, -0.25) is 0 Å². The Hall–Kier alpha value is -1.05. The van der Waals surface area contributed by atoms with Gasteiger partial charge < -0.3 is 16.0 Å². The number of nitrogens with two attached hydrogens (primary N) is 1. The van der Waals surface area contributed by atoms with E-state index >= 15 is 0 Å². The van der Waals surface area contributed by atoms with Gasteiger partial charge in [0.05, 0.1) is 6.54 Å². The van der Waals surface area contributed by atoms with Crippen LogP contribution >= 0.6 is 24.0 Å². The number of hydrogen-bond donors (Lipinski definition) is 2. The van der Waals surface area contributed by atoms with E-state index in [1.165, 1.54) is 32.1 Å². The first-order valence-electron chi connectivity index (χ1n) is 7.34. The summed E-state index contributed by atoms with van der Waals surface area (Å²) >= 11 is 0. The molecule has 0 aliphatic heterocycles. The van der Waals surface area contributed by atoms with Gasteiger partial charge in [-0.15, -0.1) is 24.0 Å². The molecule has 1 aliphatic rings. The summed E-state index contributed by atoms with van der Waals surface area (Å²) in [6, 6.07) is 4.52. The summed E-state index contributed by atoms with van der Waals surface area (Å²) in [7, 11) is 3.96. The molecule has 1 aliphatic carbocycles. The molecule has 5 nitrogen and oxygen atoms in total. The molecule has 0 bridgehead atoms. The highest BCUT2D eigenvalue weighted by Crippen LogP contribution is 2.17. The fourth-order valence-electron chi connectivity index (χ4n) is 2.48. The predicted molar refractivity (Wildman–Crippen MR) is 99.3 cm³/mol. The van der Waals surface area contributed by atoms with E-state index in [2.05, 4.69) is 15.3 Å². The standard InChI is InChI=1S/C15H25N5.HI/c1-20(2)14-10-12(8-9-17-14)11-18-15(16)19-13-6-4-3-5-7-13;/h8-10,13H,3-7,11H2,1-2H3,(H3,16,18,19);1H. The molecule has 6 heteroatoms. The molecule has 118 valence electrons. The summed E-state index contributed by atoms with van der Waals surface area (Å²) < 4.78 is 0. The highest BCUT2D eigenvalue weighted by atomic mass is 127. The maximum Gasteiger partial charge on any atom is 0.189 e. The van der Waals surface area contributed by atoms with Crippen LogP contribution in [-0.2, 0) is 6.54 Å². The third-order valence-corrected chi connectivity index (χ3v) is 3.66. The Kier molecular flexibility index (Phi) is 7.77. The summed E-state index contributed by atoms with van der Waals surface area (Å²) in [6.45, 7) is 0.592. The number of rotatable bonds is 4. The fraction of sp³-hybridized carbons (Fsp3) is 0.600. The van der Waals surface area contributed by atoms with Crippen LogP contribution in [0, 0.1) is 0 Å². The van der Waals surface area contributed by atoms with Crippen molar-refractivity contribution in [3.05, 3.63) is 23.9 Å². The Labute approximate surface area is 144 Å². The molecule has 1 fully saturated rings. The topological polar surface area (TPSA) is 66.5 Å². The van der Waals surface area contributed by atoms with E-state index in [1.54, 1.807) is 0 Å². The van der Waals surface area contributed by atoms with Crippen LogP contribution in [0.2, 0.25) is 0 Å². The minimum absolute atomic E-state index is 0. The summed E-state index contributed by atoms with van der Waals surface area (Å²) in [6.07, 6.45) is 8.15. The fourth-order valence-corrected chi connectivity index (χ4v) is 2.48. The van der Waals surface area contributed by atoms with Crippen molar-refractivity contribution in [3.63, 3.8) is 0 Å². The van der Waals surface area contributed by atoms with Gasteiger partial charge in [0.2, 0.25) is 0 Å². The number of halogens is 1. The van der Waals surface area contributed by atoms with Gasteiger partial charge in [-0.2, -0.15) is 0 Å². The second-order valence-corrected chi connectivity index (χ2v) is 5.60. The summed E-state index contributed by atoms with van der Waals surface area (Å²) in [5.41, 5.74) is 7.09. The van der Waals surface area contributed by atoms with E-state index < -0.39 is 0 Å². The molecule has 0 aromatic carbocycles. The SMILES string of the molecule is CN(C)c1cc(CN=C(N)NC2CCCCC2)ccn1.I. The lowest BCUT2D eigenvalue weighted by molar-refractivity contribution is 0.412. The van der Waals surface area contributed by atoms with E-state index in [0.717, 1.165) is 11.4 Å². The van der Waals surface area contributed by atoms with Gasteiger partial charge in [0.15, 0.2) is 5.96 Å². The first kappa shape index (κ1) is 18.0. The smallest absolute Gasteiger partial charge is 0.189 e. The lowest BCUT2D eigenvalue weighted by atomic mass is 9.96. The van der Waals surface area contributed by atoms with E-state index in [4.69, 9.17) is 5.73 Å². The molecule has 0 saturated heterocycles. The average Bonchev–Trinajstić information content (AvgIpc) is 2.46. The van der Waals surface area contributed by atoms with Crippen molar-refractivity contribution in [3.8, 4) is 0 Å². The van der Waals surface area contributed by atoms with Crippen molar-refractivity contribution in [2.24, 2.45) is 10.7 Å². The quantitative estimate of drug-likeness (QED) is 0.461. The monoisotopic (exact) mass is 403 g/mol. The van der Waals surface area contributed by atoms with Crippen molar-refractivity contribution in [1.29, 1.82) is 0 Å². The molecule has 3 N–H and O–H groups in total. The molecule has 0 unspecified atom stereocenters. The van der Waals surface area contributed by atoms with Gasteiger partial charge >= 0.3 is 0 Å². The summed E-state index contributed by atoms with van der Waals surface area (Å²) in [5, 5.41) is 3.33. The highest BCUT2D eigenvalue weighted by molar-refractivity contribution is 14.0. The minimum Gasteiger partial charge on any atom is -0.370 e. The predicted octanol–water partition coefficient (Wildman–Crippen LogP) is 2.50. The molecule has 0 atom stereocenters. The van der Waals surface area contributed by atoms with E-state index in [1.807, 2.05) is 37.3 Å². The zero-order valence-electron chi connectivity index (χ0n) is 12.9.